The summed E-state index contributed by atoms with van der Waals surface area (Å²) in [7, 11) is 0. The molecule has 2 unspecified atom stereocenters. The number of aliphatic hydroxyl groups excluding tert-OH is 2. The van der Waals surface area contributed by atoms with E-state index in [1.165, 1.54) is 18.2 Å². The predicted molar refractivity (Wildman–Crippen MR) is 82.5 cm³/mol. The number of ether oxygens (including phenoxy) is 1. The molecule has 0 aliphatic heterocycles. The van der Waals surface area contributed by atoms with Gasteiger partial charge in [0.15, 0.2) is 23.2 Å². The Balaban J connectivity index is 2.04. The van der Waals surface area contributed by atoms with E-state index in [1.807, 2.05) is 0 Å². The molecule has 9 heteroatoms. The van der Waals surface area contributed by atoms with Crippen molar-refractivity contribution < 1.29 is 45.0 Å². The number of hydrogen-bond acceptors (Lipinski definition) is 8. The van der Waals surface area contributed by atoms with Crippen molar-refractivity contribution in [1.82, 2.24) is 0 Å². The molecule has 0 radical (unpaired) electrons. The topological polar surface area (TPSA) is 165 Å². The molecule has 1 fully saturated rings. The fraction of sp³-hybridized carbons (Fsp3) is 0.375. The van der Waals surface area contributed by atoms with Crippen LogP contribution in [0.15, 0.2) is 24.3 Å². The smallest absolute Gasteiger partial charge is 0.335 e. The molecule has 0 bridgehead atoms. The third kappa shape index (κ3) is 4.08. The highest BCUT2D eigenvalue weighted by Gasteiger charge is 2.50. The third-order valence-electron chi connectivity index (χ3n) is 3.95. The Labute approximate surface area is 142 Å². The zero-order chi connectivity index (χ0) is 18.8. The van der Waals surface area contributed by atoms with Crippen LogP contribution in [0.2, 0.25) is 0 Å². The van der Waals surface area contributed by atoms with Gasteiger partial charge in [-0.05, 0) is 12.1 Å². The molecule has 0 spiro atoms. The van der Waals surface area contributed by atoms with Crippen molar-refractivity contribution in [2.45, 2.75) is 36.8 Å². The van der Waals surface area contributed by atoms with Crippen molar-refractivity contribution in [3.63, 3.8) is 0 Å². The summed E-state index contributed by atoms with van der Waals surface area (Å²) in [5.74, 6) is -3.36. The average molecular weight is 354 g/mol. The van der Waals surface area contributed by atoms with Crippen LogP contribution in [0.5, 0.6) is 11.5 Å². The van der Waals surface area contributed by atoms with Gasteiger partial charge in [-0.1, -0.05) is 12.1 Å². The Kier molecular flexibility index (Phi) is 5.31. The van der Waals surface area contributed by atoms with Crippen molar-refractivity contribution in [2.75, 3.05) is 0 Å². The fourth-order valence-corrected chi connectivity index (χ4v) is 2.61. The van der Waals surface area contributed by atoms with E-state index in [0.717, 1.165) is 12.2 Å². The average Bonchev–Trinajstić information content (AvgIpc) is 2.52. The minimum atomic E-state index is -2.30. The van der Waals surface area contributed by atoms with Crippen molar-refractivity contribution in [1.29, 1.82) is 0 Å². The molecule has 136 valence electrons. The Morgan fingerprint density at radius 3 is 2.32 bits per heavy atom. The molecule has 2 atom stereocenters. The molecule has 1 saturated carbocycles. The number of aliphatic carboxylic acids is 1. The molecule has 9 nitrogen and oxygen atoms in total. The van der Waals surface area contributed by atoms with Crippen LogP contribution >= 0.6 is 0 Å². The number of benzene rings is 1. The zero-order valence-corrected chi connectivity index (χ0v) is 12.9. The molecule has 1 aliphatic rings. The Morgan fingerprint density at radius 2 is 1.76 bits per heavy atom. The van der Waals surface area contributed by atoms with E-state index in [9.17, 15) is 35.1 Å². The van der Waals surface area contributed by atoms with Gasteiger partial charge in [0.25, 0.3) is 0 Å². The lowest BCUT2D eigenvalue weighted by molar-refractivity contribution is -0.196. The minimum Gasteiger partial charge on any atom is -0.504 e. The van der Waals surface area contributed by atoms with Crippen LogP contribution in [0.1, 0.15) is 18.4 Å². The third-order valence-corrected chi connectivity index (χ3v) is 3.95. The van der Waals surface area contributed by atoms with Crippen LogP contribution in [0.3, 0.4) is 0 Å². The number of carbonyl (C=O) groups is 2. The highest BCUT2D eigenvalue weighted by atomic mass is 16.6. The number of carboxylic acids is 1. The number of esters is 1. The quantitative estimate of drug-likeness (QED) is 0.234. The van der Waals surface area contributed by atoms with E-state index in [-0.39, 0.29) is 11.3 Å². The van der Waals surface area contributed by atoms with Crippen LogP contribution in [0, 0.1) is 0 Å². The molecular weight excluding hydrogens is 336 g/mol. The van der Waals surface area contributed by atoms with Crippen LogP contribution < -0.4 is 0 Å². The van der Waals surface area contributed by atoms with Gasteiger partial charge in [-0.25, -0.2) is 9.59 Å². The molecule has 0 saturated heterocycles. The second-order valence-electron chi connectivity index (χ2n) is 5.83. The summed E-state index contributed by atoms with van der Waals surface area (Å²) in [6.07, 6.45) is -3.69. The van der Waals surface area contributed by atoms with Gasteiger partial charge in [0, 0.05) is 24.5 Å². The SMILES string of the molecule is O=C(C=Cc1cccc(O)c1O)OC1C(O)CC(O)(C(=O)O)CC1O. The summed E-state index contributed by atoms with van der Waals surface area (Å²) in [4.78, 5) is 22.8. The Morgan fingerprint density at radius 1 is 1.16 bits per heavy atom. The summed E-state index contributed by atoms with van der Waals surface area (Å²) in [6, 6.07) is 4.13. The first-order chi connectivity index (χ1) is 11.6. The maximum Gasteiger partial charge on any atom is 0.335 e. The monoisotopic (exact) mass is 354 g/mol. The molecule has 1 aromatic rings. The molecule has 1 aliphatic carbocycles. The number of rotatable bonds is 4. The molecule has 1 aromatic carbocycles. The van der Waals surface area contributed by atoms with Crippen LogP contribution in [-0.2, 0) is 14.3 Å². The largest absolute Gasteiger partial charge is 0.504 e. The van der Waals surface area contributed by atoms with E-state index in [4.69, 9.17) is 9.84 Å². The van der Waals surface area contributed by atoms with Crippen LogP contribution in [0.4, 0.5) is 0 Å². The molecular formula is C16H18O9. The molecule has 25 heavy (non-hydrogen) atoms. The first-order valence-electron chi connectivity index (χ1n) is 7.35. The zero-order valence-electron chi connectivity index (χ0n) is 12.9. The van der Waals surface area contributed by atoms with E-state index in [0.29, 0.717) is 0 Å². The van der Waals surface area contributed by atoms with Crippen molar-refractivity contribution >= 4 is 18.0 Å². The van der Waals surface area contributed by atoms with Gasteiger partial charge in [0.1, 0.15) is 0 Å². The molecule has 0 amide bonds. The van der Waals surface area contributed by atoms with Crippen LogP contribution in [0.25, 0.3) is 6.08 Å². The molecule has 0 heterocycles. The number of carboxylic acid groups (broad SMARTS) is 1. The lowest BCUT2D eigenvalue weighted by Crippen LogP contribution is -2.57. The summed E-state index contributed by atoms with van der Waals surface area (Å²) in [6.45, 7) is 0. The minimum absolute atomic E-state index is 0.141. The van der Waals surface area contributed by atoms with E-state index >= 15 is 0 Å². The number of aliphatic hydroxyl groups is 3. The first-order valence-corrected chi connectivity index (χ1v) is 7.35. The fourth-order valence-electron chi connectivity index (χ4n) is 2.61. The van der Waals surface area contributed by atoms with Crippen LogP contribution in [-0.4, -0.2) is 66.5 Å². The van der Waals surface area contributed by atoms with Gasteiger partial charge in [-0.15, -0.1) is 0 Å². The van der Waals surface area contributed by atoms with E-state index in [1.54, 1.807) is 0 Å². The number of phenols is 2. The van der Waals surface area contributed by atoms with Crippen molar-refractivity contribution in [3.05, 3.63) is 29.8 Å². The Hall–Kier alpha value is -2.62. The molecule has 0 aromatic heterocycles. The second-order valence-corrected chi connectivity index (χ2v) is 5.83. The number of aromatic hydroxyl groups is 2. The summed E-state index contributed by atoms with van der Waals surface area (Å²) < 4.78 is 4.91. The standard InChI is InChI=1S/C16H18O9/c17-9-3-1-2-8(13(9)21)4-5-12(20)25-14-10(18)6-16(24,15(22)23)7-11(14)19/h1-5,10-11,14,17-19,21,24H,6-7H2,(H,22,23). The Bertz CT molecular complexity index is 685. The summed E-state index contributed by atoms with van der Waals surface area (Å²) in [5.41, 5.74) is -2.16. The normalized spacial score (nSPS) is 29.5. The van der Waals surface area contributed by atoms with Gasteiger partial charge in [0.2, 0.25) is 0 Å². The van der Waals surface area contributed by atoms with Gasteiger partial charge in [-0.3, -0.25) is 0 Å². The van der Waals surface area contributed by atoms with Crippen molar-refractivity contribution in [2.24, 2.45) is 0 Å². The summed E-state index contributed by atoms with van der Waals surface area (Å²) >= 11 is 0. The maximum absolute atomic E-state index is 11.8. The number of para-hydroxylation sites is 1. The lowest BCUT2D eigenvalue weighted by atomic mass is 9.79. The van der Waals surface area contributed by atoms with E-state index < -0.39 is 54.4 Å². The van der Waals surface area contributed by atoms with E-state index in [2.05, 4.69) is 0 Å². The predicted octanol–water partition coefficient (Wildman–Crippen LogP) is -0.646. The van der Waals surface area contributed by atoms with Gasteiger partial charge >= 0.3 is 11.9 Å². The molecule has 2 rings (SSSR count). The van der Waals surface area contributed by atoms with Crippen molar-refractivity contribution in [3.8, 4) is 11.5 Å². The highest BCUT2D eigenvalue weighted by Crippen LogP contribution is 2.32. The van der Waals surface area contributed by atoms with Gasteiger partial charge in [-0.2, -0.15) is 0 Å². The molecule has 6 N–H and O–H groups in total. The first kappa shape index (κ1) is 18.7. The number of carbonyl (C=O) groups excluding carboxylic acids is 1. The van der Waals surface area contributed by atoms with Gasteiger partial charge < -0.3 is 35.4 Å². The summed E-state index contributed by atoms with van der Waals surface area (Å²) in [5, 5.41) is 57.5. The second kappa shape index (κ2) is 7.09. The number of hydrogen-bond donors (Lipinski definition) is 6. The van der Waals surface area contributed by atoms with Gasteiger partial charge in [0.05, 0.1) is 12.2 Å². The lowest BCUT2D eigenvalue weighted by Gasteiger charge is -2.39. The maximum atomic E-state index is 11.8. The highest BCUT2D eigenvalue weighted by molar-refractivity contribution is 5.88. The number of phenolic OH excluding ortho intramolecular Hbond substituents is 2.